The minimum absolute atomic E-state index is 0.150. The van der Waals surface area contributed by atoms with Gasteiger partial charge in [0.1, 0.15) is 17.1 Å². The van der Waals surface area contributed by atoms with Crippen LogP contribution in [0.25, 0.3) is 11.5 Å². The molecule has 0 amide bonds. The Morgan fingerprint density at radius 1 is 1.33 bits per heavy atom. The number of aromatic nitrogens is 2. The average Bonchev–Trinajstić information content (AvgIpc) is 2.91. The summed E-state index contributed by atoms with van der Waals surface area (Å²) in [7, 11) is 1.48. The van der Waals surface area contributed by atoms with Crippen molar-refractivity contribution in [3.8, 4) is 17.2 Å². The number of nitrogens with zero attached hydrogens (tertiary/aromatic N) is 2. The van der Waals surface area contributed by atoms with Crippen molar-refractivity contribution in [2.45, 2.75) is 32.7 Å². The SMILES string of the molecule is COc1cccc(F)c1-c1nnc(CCCNC(C)C)o1. The first-order chi connectivity index (χ1) is 10.1. The van der Waals surface area contributed by atoms with Gasteiger partial charge in [-0.15, -0.1) is 10.2 Å². The molecule has 0 saturated carbocycles. The fraction of sp³-hybridized carbons (Fsp3) is 0.467. The van der Waals surface area contributed by atoms with Gasteiger partial charge in [0.05, 0.1) is 7.11 Å². The molecule has 0 aliphatic rings. The Balaban J connectivity index is 2.06. The zero-order valence-electron chi connectivity index (χ0n) is 12.5. The quantitative estimate of drug-likeness (QED) is 0.795. The van der Waals surface area contributed by atoms with E-state index in [2.05, 4.69) is 29.4 Å². The molecule has 2 aromatic rings. The van der Waals surface area contributed by atoms with Gasteiger partial charge in [-0.25, -0.2) is 4.39 Å². The molecule has 114 valence electrons. The average molecular weight is 293 g/mol. The summed E-state index contributed by atoms with van der Waals surface area (Å²) in [6.45, 7) is 5.06. The molecule has 0 unspecified atom stereocenters. The van der Waals surface area contributed by atoms with Gasteiger partial charge in [0, 0.05) is 12.5 Å². The highest BCUT2D eigenvalue weighted by molar-refractivity contribution is 5.63. The lowest BCUT2D eigenvalue weighted by atomic mass is 10.2. The molecule has 1 N–H and O–H groups in total. The van der Waals surface area contributed by atoms with Crippen molar-refractivity contribution in [3.63, 3.8) is 0 Å². The molecule has 6 heteroatoms. The second-order valence-electron chi connectivity index (χ2n) is 5.03. The van der Waals surface area contributed by atoms with E-state index in [4.69, 9.17) is 9.15 Å². The van der Waals surface area contributed by atoms with Gasteiger partial charge < -0.3 is 14.5 Å². The fourth-order valence-electron chi connectivity index (χ4n) is 1.97. The number of hydrogen-bond donors (Lipinski definition) is 1. The van der Waals surface area contributed by atoms with E-state index in [0.29, 0.717) is 24.1 Å². The summed E-state index contributed by atoms with van der Waals surface area (Å²) in [4.78, 5) is 0. The molecule has 0 saturated heterocycles. The summed E-state index contributed by atoms with van der Waals surface area (Å²) in [5.74, 6) is 0.593. The van der Waals surface area contributed by atoms with Crippen LogP contribution in [0.3, 0.4) is 0 Å². The third-order valence-corrected chi connectivity index (χ3v) is 3.00. The van der Waals surface area contributed by atoms with Crippen molar-refractivity contribution < 1.29 is 13.5 Å². The van der Waals surface area contributed by atoms with Crippen LogP contribution in [-0.4, -0.2) is 29.9 Å². The van der Waals surface area contributed by atoms with E-state index < -0.39 is 5.82 Å². The standard InChI is InChI=1S/C15H20FN3O2/c1-10(2)17-9-5-8-13-18-19-15(21-13)14-11(16)6-4-7-12(14)20-3/h4,6-7,10,17H,5,8-9H2,1-3H3. The Labute approximate surface area is 123 Å². The van der Waals surface area contributed by atoms with Gasteiger partial charge in [-0.1, -0.05) is 19.9 Å². The largest absolute Gasteiger partial charge is 0.496 e. The predicted molar refractivity (Wildman–Crippen MR) is 77.7 cm³/mol. The van der Waals surface area contributed by atoms with E-state index in [0.717, 1.165) is 13.0 Å². The molecular formula is C15H20FN3O2. The minimum Gasteiger partial charge on any atom is -0.496 e. The lowest BCUT2D eigenvalue weighted by molar-refractivity contribution is 0.409. The summed E-state index contributed by atoms with van der Waals surface area (Å²) < 4.78 is 24.6. The molecule has 0 atom stereocenters. The van der Waals surface area contributed by atoms with Crippen molar-refractivity contribution in [2.24, 2.45) is 0 Å². The molecule has 0 aliphatic heterocycles. The van der Waals surface area contributed by atoms with Crippen LogP contribution in [0.15, 0.2) is 22.6 Å². The van der Waals surface area contributed by atoms with Gasteiger partial charge in [-0.3, -0.25) is 0 Å². The van der Waals surface area contributed by atoms with Crippen LogP contribution in [-0.2, 0) is 6.42 Å². The zero-order chi connectivity index (χ0) is 15.2. The Hall–Kier alpha value is -1.95. The summed E-state index contributed by atoms with van der Waals surface area (Å²) in [5, 5.41) is 11.2. The lowest BCUT2D eigenvalue weighted by Crippen LogP contribution is -2.23. The highest BCUT2D eigenvalue weighted by atomic mass is 19.1. The van der Waals surface area contributed by atoms with Crippen LogP contribution in [0, 0.1) is 5.82 Å². The molecule has 1 aromatic heterocycles. The number of ether oxygens (including phenoxy) is 1. The topological polar surface area (TPSA) is 60.2 Å². The van der Waals surface area contributed by atoms with Gasteiger partial charge in [-0.05, 0) is 25.1 Å². The van der Waals surface area contributed by atoms with Crippen LogP contribution in [0.5, 0.6) is 5.75 Å². The first kappa shape index (κ1) is 15.4. The number of hydrogen-bond acceptors (Lipinski definition) is 5. The molecule has 1 heterocycles. The van der Waals surface area contributed by atoms with Crippen molar-refractivity contribution in [1.82, 2.24) is 15.5 Å². The lowest BCUT2D eigenvalue weighted by Gasteiger charge is -2.06. The Kier molecular flexibility index (Phi) is 5.27. The van der Waals surface area contributed by atoms with Gasteiger partial charge in [-0.2, -0.15) is 0 Å². The third-order valence-electron chi connectivity index (χ3n) is 3.00. The van der Waals surface area contributed by atoms with Crippen LogP contribution >= 0.6 is 0 Å². The van der Waals surface area contributed by atoms with E-state index in [1.165, 1.54) is 13.2 Å². The van der Waals surface area contributed by atoms with Crippen molar-refractivity contribution in [1.29, 1.82) is 0 Å². The van der Waals surface area contributed by atoms with Crippen LogP contribution in [0.4, 0.5) is 4.39 Å². The smallest absolute Gasteiger partial charge is 0.254 e. The van der Waals surface area contributed by atoms with Crippen molar-refractivity contribution >= 4 is 0 Å². The van der Waals surface area contributed by atoms with Gasteiger partial charge in [0.2, 0.25) is 5.89 Å². The molecule has 1 aromatic carbocycles. The number of benzene rings is 1. The highest BCUT2D eigenvalue weighted by Crippen LogP contribution is 2.31. The van der Waals surface area contributed by atoms with E-state index in [1.807, 2.05) is 0 Å². The summed E-state index contributed by atoms with van der Waals surface area (Å²) in [6, 6.07) is 5.03. The van der Waals surface area contributed by atoms with Gasteiger partial charge >= 0.3 is 0 Å². The van der Waals surface area contributed by atoms with Crippen LogP contribution in [0.1, 0.15) is 26.2 Å². The molecule has 0 bridgehead atoms. The van der Waals surface area contributed by atoms with Crippen molar-refractivity contribution in [2.75, 3.05) is 13.7 Å². The molecule has 0 spiro atoms. The molecule has 2 rings (SSSR count). The van der Waals surface area contributed by atoms with Crippen LogP contribution in [0.2, 0.25) is 0 Å². The summed E-state index contributed by atoms with van der Waals surface area (Å²) in [5.41, 5.74) is 0.207. The number of rotatable bonds is 7. The van der Waals surface area contributed by atoms with Gasteiger partial charge in [0.15, 0.2) is 0 Å². The maximum Gasteiger partial charge on any atom is 0.254 e. The van der Waals surface area contributed by atoms with Crippen molar-refractivity contribution in [3.05, 3.63) is 29.9 Å². The molecule has 0 fully saturated rings. The second-order valence-corrected chi connectivity index (χ2v) is 5.03. The van der Waals surface area contributed by atoms with E-state index in [-0.39, 0.29) is 11.5 Å². The maximum absolute atomic E-state index is 13.9. The number of aryl methyl sites for hydroxylation is 1. The number of methoxy groups -OCH3 is 1. The molecule has 21 heavy (non-hydrogen) atoms. The molecular weight excluding hydrogens is 273 g/mol. The molecule has 5 nitrogen and oxygen atoms in total. The predicted octanol–water partition coefficient (Wildman–Crippen LogP) is 2.81. The second kappa shape index (κ2) is 7.17. The molecule has 0 radical (unpaired) electrons. The first-order valence-corrected chi connectivity index (χ1v) is 7.00. The number of halogens is 1. The fourth-order valence-corrected chi connectivity index (χ4v) is 1.97. The van der Waals surface area contributed by atoms with Crippen LogP contribution < -0.4 is 10.1 Å². The first-order valence-electron chi connectivity index (χ1n) is 7.00. The van der Waals surface area contributed by atoms with E-state index in [1.54, 1.807) is 12.1 Å². The van der Waals surface area contributed by atoms with E-state index in [9.17, 15) is 4.39 Å². The third kappa shape index (κ3) is 4.01. The Morgan fingerprint density at radius 2 is 2.14 bits per heavy atom. The summed E-state index contributed by atoms with van der Waals surface area (Å²) >= 11 is 0. The zero-order valence-corrected chi connectivity index (χ0v) is 12.5. The monoisotopic (exact) mass is 293 g/mol. The highest BCUT2D eigenvalue weighted by Gasteiger charge is 2.17. The summed E-state index contributed by atoms with van der Waals surface area (Å²) in [6.07, 6.45) is 1.54. The Bertz CT molecular complexity index is 584. The normalized spacial score (nSPS) is 11.1. The number of nitrogens with one attached hydrogen (secondary N) is 1. The van der Waals surface area contributed by atoms with Gasteiger partial charge in [0.25, 0.3) is 5.89 Å². The minimum atomic E-state index is -0.439. The molecule has 0 aliphatic carbocycles. The Morgan fingerprint density at radius 3 is 2.86 bits per heavy atom. The van der Waals surface area contributed by atoms with E-state index >= 15 is 0 Å². The maximum atomic E-state index is 13.9.